The average Bonchev–Trinajstić information content (AvgIpc) is 3.21. The number of fused-ring (bicyclic) bond motifs is 1. The maximum atomic E-state index is 12.3. The van der Waals surface area contributed by atoms with E-state index in [1.165, 1.54) is 6.07 Å². The Morgan fingerprint density at radius 3 is 2.73 bits per heavy atom. The van der Waals surface area contributed by atoms with E-state index in [9.17, 15) is 9.59 Å². The Labute approximate surface area is 148 Å². The maximum absolute atomic E-state index is 12.3. The highest BCUT2D eigenvalue weighted by Crippen LogP contribution is 2.17. The number of hydrogen-bond acceptors (Lipinski definition) is 5. The van der Waals surface area contributed by atoms with E-state index < -0.39 is 11.5 Å². The lowest BCUT2D eigenvalue weighted by molar-refractivity contribution is 0.0947. The number of hydrogen-bond donors (Lipinski definition) is 1. The summed E-state index contributed by atoms with van der Waals surface area (Å²) in [7, 11) is 0. The minimum absolute atomic E-state index is 0.0242. The van der Waals surface area contributed by atoms with Crippen LogP contribution in [-0.4, -0.2) is 10.9 Å². The number of amides is 1. The van der Waals surface area contributed by atoms with Crippen LogP contribution in [0.4, 0.5) is 0 Å². The van der Waals surface area contributed by atoms with Crippen LogP contribution in [0, 0.1) is 0 Å². The summed E-state index contributed by atoms with van der Waals surface area (Å²) in [6, 6.07) is 15.9. The first-order chi connectivity index (χ1) is 12.7. The zero-order valence-electron chi connectivity index (χ0n) is 13.6. The molecule has 6 nitrogen and oxygen atoms in total. The van der Waals surface area contributed by atoms with Crippen LogP contribution in [0.3, 0.4) is 0 Å². The molecule has 0 fully saturated rings. The highest BCUT2D eigenvalue weighted by atomic mass is 16.4. The first-order valence-electron chi connectivity index (χ1n) is 8.00. The summed E-state index contributed by atoms with van der Waals surface area (Å²) in [5.41, 5.74) is 1.28. The lowest BCUT2D eigenvalue weighted by Gasteiger charge is -2.06. The van der Waals surface area contributed by atoms with Gasteiger partial charge < -0.3 is 14.2 Å². The second-order valence-electron chi connectivity index (χ2n) is 5.70. The molecule has 1 amide bonds. The number of nitrogens with zero attached hydrogens (tertiary/aromatic N) is 1. The molecule has 0 aliphatic rings. The second kappa shape index (κ2) is 6.68. The lowest BCUT2D eigenvalue weighted by Crippen LogP contribution is -2.27. The summed E-state index contributed by atoms with van der Waals surface area (Å²) < 4.78 is 10.5. The van der Waals surface area contributed by atoms with Crippen LogP contribution >= 0.6 is 0 Å². The second-order valence-corrected chi connectivity index (χ2v) is 5.70. The number of carbonyl (C=O) groups is 1. The van der Waals surface area contributed by atoms with Gasteiger partial charge in [0.05, 0.1) is 6.26 Å². The Kier molecular flexibility index (Phi) is 4.07. The van der Waals surface area contributed by atoms with E-state index in [1.54, 1.807) is 36.7 Å². The van der Waals surface area contributed by atoms with Gasteiger partial charge in [0.25, 0.3) is 5.91 Å². The van der Waals surface area contributed by atoms with Crippen molar-refractivity contribution in [1.29, 1.82) is 0 Å². The van der Waals surface area contributed by atoms with Crippen molar-refractivity contribution in [1.82, 2.24) is 10.3 Å². The van der Waals surface area contributed by atoms with E-state index in [1.807, 2.05) is 24.3 Å². The largest absolute Gasteiger partial charge is 0.463 e. The molecule has 1 aromatic carbocycles. The predicted octanol–water partition coefficient (Wildman–Crippen LogP) is 3.38. The normalized spacial score (nSPS) is 10.8. The molecule has 0 radical (unpaired) electrons. The predicted molar refractivity (Wildman–Crippen MR) is 95.6 cm³/mol. The number of nitrogens with one attached hydrogen (secondary N) is 1. The van der Waals surface area contributed by atoms with Gasteiger partial charge in [-0.05, 0) is 35.9 Å². The van der Waals surface area contributed by atoms with Gasteiger partial charge in [-0.2, -0.15) is 0 Å². The zero-order valence-corrected chi connectivity index (χ0v) is 13.6. The first-order valence-corrected chi connectivity index (χ1v) is 8.00. The molecule has 0 saturated heterocycles. The fraction of sp³-hybridized carbons (Fsp3) is 0.0500. The molecule has 0 saturated carbocycles. The van der Waals surface area contributed by atoms with Gasteiger partial charge in [-0.15, -0.1) is 0 Å². The zero-order chi connectivity index (χ0) is 17.9. The first kappa shape index (κ1) is 15.8. The fourth-order valence-corrected chi connectivity index (χ4v) is 2.60. The van der Waals surface area contributed by atoms with E-state index in [2.05, 4.69) is 10.3 Å². The average molecular weight is 346 g/mol. The molecule has 3 heterocycles. The van der Waals surface area contributed by atoms with Gasteiger partial charge >= 0.3 is 5.63 Å². The number of aromatic nitrogens is 1. The smallest absolute Gasteiger partial charge is 0.349 e. The van der Waals surface area contributed by atoms with Crippen LogP contribution in [-0.2, 0) is 6.54 Å². The molecule has 0 aliphatic carbocycles. The Morgan fingerprint density at radius 2 is 1.96 bits per heavy atom. The molecule has 6 heteroatoms. The Morgan fingerprint density at radius 1 is 1.08 bits per heavy atom. The van der Waals surface area contributed by atoms with E-state index in [0.29, 0.717) is 22.4 Å². The molecule has 1 N–H and O–H groups in total. The molecule has 0 unspecified atom stereocenters. The lowest BCUT2D eigenvalue weighted by atomic mass is 10.1. The van der Waals surface area contributed by atoms with Gasteiger partial charge in [0, 0.05) is 18.1 Å². The fourth-order valence-electron chi connectivity index (χ4n) is 2.60. The number of carbonyl (C=O) groups excluding carboxylic acids is 1. The SMILES string of the molecule is O=C(NCc1ccc(-c2ccco2)nc1)c1cc2ccccc2oc1=O. The Balaban J connectivity index is 1.49. The van der Waals surface area contributed by atoms with Crippen molar-refractivity contribution in [2.24, 2.45) is 0 Å². The molecule has 3 aromatic heterocycles. The van der Waals surface area contributed by atoms with Crippen molar-refractivity contribution in [2.45, 2.75) is 6.54 Å². The number of rotatable bonds is 4. The van der Waals surface area contributed by atoms with Crippen molar-refractivity contribution in [3.63, 3.8) is 0 Å². The monoisotopic (exact) mass is 346 g/mol. The summed E-state index contributed by atoms with van der Waals surface area (Å²) >= 11 is 0. The van der Waals surface area contributed by atoms with Gasteiger partial charge in [0.15, 0.2) is 5.76 Å². The van der Waals surface area contributed by atoms with Crippen LogP contribution < -0.4 is 10.9 Å². The van der Waals surface area contributed by atoms with Gasteiger partial charge in [-0.25, -0.2) is 4.79 Å². The number of furan rings is 1. The van der Waals surface area contributed by atoms with Crippen molar-refractivity contribution < 1.29 is 13.6 Å². The minimum atomic E-state index is -0.660. The van der Waals surface area contributed by atoms with Crippen molar-refractivity contribution in [3.05, 3.63) is 88.6 Å². The quantitative estimate of drug-likeness (QED) is 0.573. The molecular weight excluding hydrogens is 332 g/mol. The third-order valence-electron chi connectivity index (χ3n) is 3.94. The van der Waals surface area contributed by atoms with Crippen LogP contribution in [0.1, 0.15) is 15.9 Å². The van der Waals surface area contributed by atoms with Gasteiger partial charge in [0.2, 0.25) is 0 Å². The van der Waals surface area contributed by atoms with Crippen molar-refractivity contribution in [3.8, 4) is 11.5 Å². The summed E-state index contributed by atoms with van der Waals surface area (Å²) in [5.74, 6) is 0.189. The van der Waals surface area contributed by atoms with Crippen LogP contribution in [0.5, 0.6) is 0 Å². The number of benzene rings is 1. The van der Waals surface area contributed by atoms with Gasteiger partial charge in [-0.1, -0.05) is 24.3 Å². The Hall–Kier alpha value is -3.67. The molecule has 0 aliphatic heterocycles. The van der Waals surface area contributed by atoms with E-state index in [-0.39, 0.29) is 12.1 Å². The van der Waals surface area contributed by atoms with Gasteiger partial charge in [0.1, 0.15) is 16.8 Å². The standard InChI is InChI=1S/C20H14N2O4/c23-19(15-10-14-4-1-2-5-17(14)26-20(15)24)22-12-13-7-8-16(21-11-13)18-6-3-9-25-18/h1-11H,12H2,(H,22,23). The van der Waals surface area contributed by atoms with E-state index in [4.69, 9.17) is 8.83 Å². The third kappa shape index (κ3) is 3.12. The summed E-state index contributed by atoms with van der Waals surface area (Å²) in [5, 5.41) is 3.41. The highest BCUT2D eigenvalue weighted by Gasteiger charge is 2.13. The molecule has 26 heavy (non-hydrogen) atoms. The van der Waals surface area contributed by atoms with Gasteiger partial charge in [-0.3, -0.25) is 9.78 Å². The van der Waals surface area contributed by atoms with Crippen LogP contribution in [0.2, 0.25) is 0 Å². The molecule has 0 bridgehead atoms. The topological polar surface area (TPSA) is 85.3 Å². The summed E-state index contributed by atoms with van der Waals surface area (Å²) in [4.78, 5) is 28.6. The molecule has 0 atom stereocenters. The van der Waals surface area contributed by atoms with E-state index >= 15 is 0 Å². The number of pyridine rings is 1. The minimum Gasteiger partial charge on any atom is -0.463 e. The van der Waals surface area contributed by atoms with E-state index in [0.717, 1.165) is 5.56 Å². The Bertz CT molecular complexity index is 1110. The number of para-hydroxylation sites is 1. The molecule has 0 spiro atoms. The molecule has 128 valence electrons. The molecule has 4 aromatic rings. The maximum Gasteiger partial charge on any atom is 0.349 e. The van der Waals surface area contributed by atoms with Crippen LogP contribution in [0.15, 0.2) is 80.7 Å². The molecular formula is C20H14N2O4. The van der Waals surface area contributed by atoms with Crippen molar-refractivity contribution >= 4 is 16.9 Å². The summed E-state index contributed by atoms with van der Waals surface area (Å²) in [6.45, 7) is 0.247. The van der Waals surface area contributed by atoms with Crippen LogP contribution in [0.25, 0.3) is 22.4 Å². The van der Waals surface area contributed by atoms with Crippen molar-refractivity contribution in [2.75, 3.05) is 0 Å². The molecule has 4 rings (SSSR count). The highest BCUT2D eigenvalue weighted by molar-refractivity contribution is 5.96. The summed E-state index contributed by atoms with van der Waals surface area (Å²) in [6.07, 6.45) is 3.24. The third-order valence-corrected chi connectivity index (χ3v) is 3.94.